The predicted molar refractivity (Wildman–Crippen MR) is 104 cm³/mol. The van der Waals surface area contributed by atoms with E-state index >= 15 is 0 Å². The van der Waals surface area contributed by atoms with E-state index in [-0.39, 0.29) is 23.7 Å². The summed E-state index contributed by atoms with van der Waals surface area (Å²) < 4.78 is 39.6. The van der Waals surface area contributed by atoms with E-state index in [1.54, 1.807) is 6.07 Å². The van der Waals surface area contributed by atoms with Crippen molar-refractivity contribution in [3.63, 3.8) is 0 Å². The SMILES string of the molecule is CC(C)CC(=O)N1C[C@@H](CN2CCCCC2)[C@@H](c2cccc(C(F)(F)F)c2)C1. The lowest BCUT2D eigenvalue weighted by Gasteiger charge is -2.31. The van der Waals surface area contributed by atoms with Crippen LogP contribution in [0.1, 0.15) is 56.6 Å². The van der Waals surface area contributed by atoms with Crippen LogP contribution in [-0.4, -0.2) is 48.4 Å². The minimum Gasteiger partial charge on any atom is -0.342 e. The van der Waals surface area contributed by atoms with Crippen LogP contribution in [0.25, 0.3) is 0 Å². The highest BCUT2D eigenvalue weighted by atomic mass is 19.4. The van der Waals surface area contributed by atoms with Gasteiger partial charge in [-0.2, -0.15) is 13.2 Å². The molecule has 0 aromatic heterocycles. The van der Waals surface area contributed by atoms with E-state index in [4.69, 9.17) is 0 Å². The number of alkyl halides is 3. The summed E-state index contributed by atoms with van der Waals surface area (Å²) in [5, 5.41) is 0. The van der Waals surface area contributed by atoms with Gasteiger partial charge in [0, 0.05) is 32.0 Å². The summed E-state index contributed by atoms with van der Waals surface area (Å²) in [6.45, 7) is 8.14. The molecular formula is C22H31F3N2O. The van der Waals surface area contributed by atoms with Crippen LogP contribution in [-0.2, 0) is 11.0 Å². The Balaban J connectivity index is 1.81. The number of likely N-dealkylation sites (tertiary alicyclic amines) is 2. The Morgan fingerprint density at radius 2 is 1.86 bits per heavy atom. The van der Waals surface area contributed by atoms with Gasteiger partial charge in [-0.25, -0.2) is 0 Å². The molecule has 2 aliphatic heterocycles. The number of rotatable bonds is 5. The molecule has 0 spiro atoms. The summed E-state index contributed by atoms with van der Waals surface area (Å²) in [6.07, 6.45) is -0.249. The van der Waals surface area contributed by atoms with E-state index in [2.05, 4.69) is 4.90 Å². The van der Waals surface area contributed by atoms with E-state index in [0.29, 0.717) is 25.1 Å². The molecule has 1 aromatic rings. The molecule has 28 heavy (non-hydrogen) atoms. The molecule has 0 bridgehead atoms. The topological polar surface area (TPSA) is 23.6 Å². The standard InChI is InChI=1S/C22H31F3N2O/c1-16(2)11-21(28)27-14-18(13-26-9-4-3-5-10-26)20(15-27)17-7-6-8-19(12-17)22(23,24)25/h6-8,12,16,18,20H,3-5,9-11,13-15H2,1-2H3/t18-,20-/m1/s1. The number of piperidine rings is 1. The van der Waals surface area contributed by atoms with Crippen LogP contribution in [0.5, 0.6) is 0 Å². The maximum absolute atomic E-state index is 13.2. The number of hydrogen-bond acceptors (Lipinski definition) is 2. The molecule has 3 rings (SSSR count). The summed E-state index contributed by atoms with van der Waals surface area (Å²) in [5.41, 5.74) is 0.102. The summed E-state index contributed by atoms with van der Waals surface area (Å²) in [4.78, 5) is 16.9. The highest BCUT2D eigenvalue weighted by Gasteiger charge is 2.38. The monoisotopic (exact) mass is 396 g/mol. The van der Waals surface area contributed by atoms with Gasteiger partial charge >= 0.3 is 6.18 Å². The summed E-state index contributed by atoms with van der Waals surface area (Å²) in [7, 11) is 0. The van der Waals surface area contributed by atoms with E-state index < -0.39 is 11.7 Å². The van der Waals surface area contributed by atoms with Gasteiger partial charge in [0.25, 0.3) is 0 Å². The van der Waals surface area contributed by atoms with Crippen molar-refractivity contribution >= 4 is 5.91 Å². The molecule has 2 atom stereocenters. The van der Waals surface area contributed by atoms with Crippen molar-refractivity contribution < 1.29 is 18.0 Å². The molecule has 0 radical (unpaired) electrons. The third-order valence-corrected chi connectivity index (χ3v) is 5.96. The second-order valence-corrected chi connectivity index (χ2v) is 8.75. The smallest absolute Gasteiger partial charge is 0.342 e. The zero-order chi connectivity index (χ0) is 20.3. The molecule has 2 saturated heterocycles. The highest BCUT2D eigenvalue weighted by Crippen LogP contribution is 2.37. The Labute approximate surface area is 165 Å². The van der Waals surface area contributed by atoms with Gasteiger partial charge in [0.05, 0.1) is 5.56 Å². The van der Waals surface area contributed by atoms with E-state index in [9.17, 15) is 18.0 Å². The Morgan fingerprint density at radius 1 is 1.14 bits per heavy atom. The number of carbonyl (C=O) groups excluding carboxylic acids is 1. The lowest BCUT2D eigenvalue weighted by Crippen LogP contribution is -2.37. The van der Waals surface area contributed by atoms with Crippen molar-refractivity contribution in [3.8, 4) is 0 Å². The molecule has 3 nitrogen and oxygen atoms in total. The second-order valence-electron chi connectivity index (χ2n) is 8.75. The van der Waals surface area contributed by atoms with Crippen molar-refractivity contribution in [2.75, 3.05) is 32.7 Å². The Kier molecular flexibility index (Phi) is 6.69. The second kappa shape index (κ2) is 8.85. The van der Waals surface area contributed by atoms with Crippen molar-refractivity contribution in [2.24, 2.45) is 11.8 Å². The quantitative estimate of drug-likeness (QED) is 0.715. The van der Waals surface area contributed by atoms with Gasteiger partial charge in [-0.3, -0.25) is 4.79 Å². The Morgan fingerprint density at radius 3 is 2.50 bits per heavy atom. The molecule has 0 unspecified atom stereocenters. The van der Waals surface area contributed by atoms with Crippen LogP contribution in [0.2, 0.25) is 0 Å². The van der Waals surface area contributed by atoms with Crippen molar-refractivity contribution in [1.82, 2.24) is 9.80 Å². The molecule has 0 aliphatic carbocycles. The molecule has 2 fully saturated rings. The van der Waals surface area contributed by atoms with Gasteiger partial charge in [0.1, 0.15) is 0 Å². The maximum atomic E-state index is 13.2. The molecular weight excluding hydrogens is 365 g/mol. The fraction of sp³-hybridized carbons (Fsp3) is 0.682. The van der Waals surface area contributed by atoms with Crippen LogP contribution in [0, 0.1) is 11.8 Å². The number of amides is 1. The minimum absolute atomic E-state index is 0.0414. The lowest BCUT2D eigenvalue weighted by atomic mass is 9.87. The van der Waals surface area contributed by atoms with Gasteiger partial charge < -0.3 is 9.80 Å². The van der Waals surface area contributed by atoms with Gasteiger partial charge in [-0.15, -0.1) is 0 Å². The normalized spacial score (nSPS) is 24.1. The van der Waals surface area contributed by atoms with Crippen molar-refractivity contribution in [2.45, 2.75) is 51.6 Å². The van der Waals surface area contributed by atoms with E-state index in [0.717, 1.165) is 25.7 Å². The fourth-order valence-corrected chi connectivity index (χ4v) is 4.54. The third-order valence-electron chi connectivity index (χ3n) is 5.96. The van der Waals surface area contributed by atoms with Gasteiger partial charge in [0.15, 0.2) is 0 Å². The molecule has 1 amide bonds. The van der Waals surface area contributed by atoms with Crippen LogP contribution in [0.3, 0.4) is 0 Å². The predicted octanol–water partition coefficient (Wildman–Crippen LogP) is 4.78. The first-order valence-corrected chi connectivity index (χ1v) is 10.4. The average Bonchev–Trinajstić information content (AvgIpc) is 3.05. The van der Waals surface area contributed by atoms with Crippen molar-refractivity contribution in [3.05, 3.63) is 35.4 Å². The van der Waals surface area contributed by atoms with Crippen LogP contribution in [0.4, 0.5) is 13.2 Å². The summed E-state index contributed by atoms with van der Waals surface area (Å²) in [5.74, 6) is 0.534. The first-order valence-electron chi connectivity index (χ1n) is 10.4. The highest BCUT2D eigenvalue weighted by molar-refractivity contribution is 5.76. The van der Waals surface area contributed by atoms with Gasteiger partial charge in [0.2, 0.25) is 5.91 Å². The largest absolute Gasteiger partial charge is 0.416 e. The molecule has 1 aromatic carbocycles. The van der Waals surface area contributed by atoms with Crippen LogP contribution in [0.15, 0.2) is 24.3 Å². The molecule has 2 aliphatic rings. The average molecular weight is 396 g/mol. The molecule has 6 heteroatoms. The molecule has 0 N–H and O–H groups in total. The number of hydrogen-bond donors (Lipinski definition) is 0. The fourth-order valence-electron chi connectivity index (χ4n) is 4.54. The third kappa shape index (κ3) is 5.28. The van der Waals surface area contributed by atoms with E-state index in [1.165, 1.54) is 31.4 Å². The Bertz CT molecular complexity index is 668. The lowest BCUT2D eigenvalue weighted by molar-refractivity contribution is -0.137. The maximum Gasteiger partial charge on any atom is 0.416 e. The van der Waals surface area contributed by atoms with Crippen molar-refractivity contribution in [1.29, 1.82) is 0 Å². The molecule has 156 valence electrons. The summed E-state index contributed by atoms with van der Waals surface area (Å²) >= 11 is 0. The van der Waals surface area contributed by atoms with Crippen LogP contribution < -0.4 is 0 Å². The zero-order valence-electron chi connectivity index (χ0n) is 16.8. The number of carbonyl (C=O) groups is 1. The van der Waals surface area contributed by atoms with E-state index in [1.807, 2.05) is 18.7 Å². The number of nitrogens with zero attached hydrogens (tertiary/aromatic N) is 2. The summed E-state index contributed by atoms with van der Waals surface area (Å²) in [6, 6.07) is 5.69. The first kappa shape index (κ1) is 21.2. The van der Waals surface area contributed by atoms with Gasteiger partial charge in [-0.05, 0) is 49.4 Å². The molecule has 2 heterocycles. The first-order chi connectivity index (χ1) is 13.2. The van der Waals surface area contributed by atoms with Gasteiger partial charge in [-0.1, -0.05) is 38.5 Å². The Hall–Kier alpha value is -1.56. The zero-order valence-corrected chi connectivity index (χ0v) is 16.8. The minimum atomic E-state index is -4.34. The number of benzene rings is 1. The van der Waals surface area contributed by atoms with Crippen LogP contribution >= 0.6 is 0 Å². The number of halogens is 3. The molecule has 0 saturated carbocycles.